The zero-order chi connectivity index (χ0) is 22.6. The van der Waals surface area contributed by atoms with E-state index in [4.69, 9.17) is 9.47 Å². The Morgan fingerprint density at radius 2 is 1.93 bits per heavy atom. The lowest BCUT2D eigenvalue weighted by molar-refractivity contribution is -0.147. The van der Waals surface area contributed by atoms with Gasteiger partial charge in [-0.1, -0.05) is 0 Å². The average Bonchev–Trinajstić information content (AvgIpc) is 3.05. The second-order valence-corrected chi connectivity index (χ2v) is 6.65. The molecule has 0 aromatic carbocycles. The summed E-state index contributed by atoms with van der Waals surface area (Å²) >= 11 is 0. The third-order valence-electron chi connectivity index (χ3n) is 4.37. The van der Waals surface area contributed by atoms with Crippen LogP contribution in [-0.4, -0.2) is 90.7 Å². The van der Waals surface area contributed by atoms with Gasteiger partial charge in [0.15, 0.2) is 5.72 Å². The molecule has 1 heterocycles. The van der Waals surface area contributed by atoms with Crippen molar-refractivity contribution in [3.8, 4) is 0 Å². The van der Waals surface area contributed by atoms with Crippen LogP contribution in [0.15, 0.2) is 12.3 Å². The number of carbonyl (C=O) groups is 4. The molecule has 1 fully saturated rings. The zero-order valence-electron chi connectivity index (χ0n) is 17.1. The molecule has 1 aliphatic rings. The van der Waals surface area contributed by atoms with Gasteiger partial charge in [-0.25, -0.2) is 9.59 Å². The highest BCUT2D eigenvalue weighted by Gasteiger charge is 2.52. The number of aliphatic hydroxyl groups is 2. The highest BCUT2D eigenvalue weighted by atomic mass is 16.6. The van der Waals surface area contributed by atoms with Crippen LogP contribution >= 0.6 is 0 Å². The molecular weight excluding hydrogens is 400 g/mol. The number of unbranched alkanes of at least 4 members (excludes halogenated alkanes) is 1. The molecule has 170 valence electrons. The molecule has 0 aliphatic carbocycles. The van der Waals surface area contributed by atoms with Crippen LogP contribution in [-0.2, 0) is 19.1 Å². The molecule has 3 atom stereocenters. The molecule has 0 spiro atoms. The molecule has 12 nitrogen and oxygen atoms in total. The Kier molecular flexibility index (Phi) is 10.8. The Bertz CT molecular complexity index is 629. The number of amides is 4. The number of carbonyl (C=O) groups excluding carboxylic acids is 4. The smallest absolute Gasteiger partial charge is 0.407 e. The first-order valence-electron chi connectivity index (χ1n) is 9.54. The monoisotopic (exact) mass is 430 g/mol. The van der Waals surface area contributed by atoms with Crippen LogP contribution in [0.4, 0.5) is 9.59 Å². The molecule has 0 aromatic heterocycles. The Labute approximate surface area is 174 Å². The molecule has 0 saturated carbocycles. The molecule has 4 amide bonds. The van der Waals surface area contributed by atoms with E-state index in [0.717, 1.165) is 17.2 Å². The quantitative estimate of drug-likeness (QED) is 0.155. The molecule has 0 unspecified atom stereocenters. The first-order chi connectivity index (χ1) is 14.3. The van der Waals surface area contributed by atoms with Crippen LogP contribution in [0.5, 0.6) is 0 Å². The fourth-order valence-electron chi connectivity index (χ4n) is 2.91. The van der Waals surface area contributed by atoms with E-state index in [9.17, 15) is 29.4 Å². The number of nitrogens with zero attached hydrogens (tertiary/aromatic N) is 1. The average molecular weight is 430 g/mol. The summed E-state index contributed by atoms with van der Waals surface area (Å²) in [5.74, 6) is -0.128. The summed E-state index contributed by atoms with van der Waals surface area (Å²) in [6.07, 6.45) is 0.874. The predicted octanol–water partition coefficient (Wildman–Crippen LogP) is -1.18. The largest absolute Gasteiger partial charge is 0.444 e. The summed E-state index contributed by atoms with van der Waals surface area (Å²) < 4.78 is 10.9. The van der Waals surface area contributed by atoms with Crippen molar-refractivity contribution >= 4 is 24.3 Å². The number of ether oxygens (including phenoxy) is 2. The summed E-state index contributed by atoms with van der Waals surface area (Å²) in [4.78, 5) is 46.9. The topological polar surface area (TPSA) is 167 Å². The molecule has 12 heteroatoms. The number of rotatable bonds is 11. The number of nitrogens with one attached hydrogen (secondary N) is 3. The van der Waals surface area contributed by atoms with Crippen molar-refractivity contribution in [3.05, 3.63) is 12.3 Å². The van der Waals surface area contributed by atoms with Gasteiger partial charge < -0.3 is 35.6 Å². The van der Waals surface area contributed by atoms with Gasteiger partial charge in [-0.3, -0.25) is 14.5 Å². The van der Waals surface area contributed by atoms with Gasteiger partial charge in [-0.15, -0.1) is 0 Å². The fraction of sp³-hybridized carbons (Fsp3) is 0.667. The third-order valence-corrected chi connectivity index (χ3v) is 4.37. The first-order valence-corrected chi connectivity index (χ1v) is 9.54. The van der Waals surface area contributed by atoms with Crippen molar-refractivity contribution < 1.29 is 38.9 Å². The number of hydrogen-bond acceptors (Lipinski definition) is 8. The van der Waals surface area contributed by atoms with Crippen molar-refractivity contribution in [2.24, 2.45) is 0 Å². The summed E-state index contributed by atoms with van der Waals surface area (Å²) in [5, 5.41) is 27.1. The Morgan fingerprint density at radius 3 is 2.47 bits per heavy atom. The van der Waals surface area contributed by atoms with Gasteiger partial charge in [-0.05, 0) is 18.9 Å². The van der Waals surface area contributed by atoms with Gasteiger partial charge in [0.1, 0.15) is 19.0 Å². The van der Waals surface area contributed by atoms with Gasteiger partial charge in [0.2, 0.25) is 5.91 Å². The lowest BCUT2D eigenvalue weighted by atomic mass is 10.1. The lowest BCUT2D eigenvalue weighted by Crippen LogP contribution is -2.55. The molecule has 30 heavy (non-hydrogen) atoms. The van der Waals surface area contributed by atoms with Gasteiger partial charge in [0.05, 0.1) is 12.7 Å². The molecule has 1 saturated heterocycles. The Hall–Kier alpha value is -2.70. The zero-order valence-corrected chi connectivity index (χ0v) is 17.1. The summed E-state index contributed by atoms with van der Waals surface area (Å²) in [6, 6.07) is -0.666. The minimum Gasteiger partial charge on any atom is -0.444 e. The normalized spacial score (nSPS) is 23.1. The van der Waals surface area contributed by atoms with Crippen LogP contribution in [0.1, 0.15) is 26.2 Å². The van der Waals surface area contributed by atoms with Gasteiger partial charge >= 0.3 is 12.1 Å². The fourth-order valence-corrected chi connectivity index (χ4v) is 2.91. The maximum Gasteiger partial charge on any atom is 0.407 e. The van der Waals surface area contributed by atoms with Crippen molar-refractivity contribution in [2.75, 3.05) is 33.4 Å². The standard InChI is InChI=1S/C18H30N4O8/c1-13(25)20-6-3-4-7-21-17(28)29-12-18(10-14(26)15(11-24)30-18)22(8-5-9-23)16(27)19-2/h5,8-9,14-15,24,26H,3-4,6-7,10-12H2,1-2H3,(H,19,27)(H,20,25)(H,21,28)/b8-5-/t14-,15+,18-/m0/s1. The van der Waals surface area contributed by atoms with Crippen LogP contribution in [0.25, 0.3) is 0 Å². The SMILES string of the molecule is CNC(=O)N(/C=C\C=O)[C@@]1(COC(=O)NCCCCNC(C)=O)C[C@H](O)[C@@H](CO)O1. The highest BCUT2D eigenvalue weighted by molar-refractivity contribution is 5.77. The molecule has 0 aromatic rings. The second kappa shape index (κ2) is 12.8. The van der Waals surface area contributed by atoms with Crippen LogP contribution in [0, 0.1) is 0 Å². The Balaban J connectivity index is 2.74. The predicted molar refractivity (Wildman–Crippen MR) is 104 cm³/mol. The second-order valence-electron chi connectivity index (χ2n) is 6.65. The van der Waals surface area contributed by atoms with Crippen molar-refractivity contribution in [2.45, 2.75) is 44.1 Å². The van der Waals surface area contributed by atoms with Crippen LogP contribution < -0.4 is 16.0 Å². The minimum absolute atomic E-state index is 0.128. The molecule has 0 radical (unpaired) electrons. The van der Waals surface area contributed by atoms with E-state index >= 15 is 0 Å². The number of aldehydes is 1. The van der Waals surface area contributed by atoms with Crippen LogP contribution in [0.3, 0.4) is 0 Å². The summed E-state index contributed by atoms with van der Waals surface area (Å²) in [7, 11) is 1.36. The van der Waals surface area contributed by atoms with Gasteiger partial charge in [0.25, 0.3) is 0 Å². The van der Waals surface area contributed by atoms with E-state index in [2.05, 4.69) is 16.0 Å². The molecule has 5 N–H and O–H groups in total. The van der Waals surface area contributed by atoms with Gasteiger partial charge in [-0.2, -0.15) is 0 Å². The Morgan fingerprint density at radius 1 is 1.27 bits per heavy atom. The van der Waals surface area contributed by atoms with Crippen LogP contribution in [0.2, 0.25) is 0 Å². The van der Waals surface area contributed by atoms with Crippen molar-refractivity contribution in [1.82, 2.24) is 20.9 Å². The maximum atomic E-state index is 12.3. The van der Waals surface area contributed by atoms with E-state index in [-0.39, 0.29) is 12.3 Å². The van der Waals surface area contributed by atoms with E-state index in [0.29, 0.717) is 32.2 Å². The summed E-state index contributed by atoms with van der Waals surface area (Å²) in [5.41, 5.74) is -1.62. The number of alkyl carbamates (subject to hydrolysis) is 1. The van der Waals surface area contributed by atoms with E-state index in [1.54, 1.807) is 0 Å². The number of hydrogen-bond donors (Lipinski definition) is 5. The van der Waals surface area contributed by atoms with Crippen molar-refractivity contribution in [1.29, 1.82) is 0 Å². The van der Waals surface area contributed by atoms with E-state index in [1.165, 1.54) is 14.0 Å². The lowest BCUT2D eigenvalue weighted by Gasteiger charge is -2.37. The molecule has 1 rings (SSSR count). The number of allylic oxidation sites excluding steroid dienone is 1. The first kappa shape index (κ1) is 25.3. The van der Waals surface area contributed by atoms with Gasteiger partial charge in [0, 0.05) is 39.7 Å². The molecular formula is C18H30N4O8. The highest BCUT2D eigenvalue weighted by Crippen LogP contribution is 2.35. The number of urea groups is 1. The maximum absolute atomic E-state index is 12.3. The summed E-state index contributed by atoms with van der Waals surface area (Å²) in [6.45, 7) is 1.25. The van der Waals surface area contributed by atoms with E-state index < -0.39 is 43.3 Å². The molecule has 0 bridgehead atoms. The number of aliphatic hydroxyl groups excluding tert-OH is 2. The van der Waals surface area contributed by atoms with E-state index in [1.807, 2.05) is 0 Å². The minimum atomic E-state index is -1.62. The third kappa shape index (κ3) is 7.61. The van der Waals surface area contributed by atoms with Crippen molar-refractivity contribution in [3.63, 3.8) is 0 Å². The molecule has 1 aliphatic heterocycles.